The van der Waals surface area contributed by atoms with E-state index in [9.17, 15) is 91.4 Å². The van der Waals surface area contributed by atoms with Gasteiger partial charge in [-0.1, -0.05) is 0 Å². The zero-order valence-corrected chi connectivity index (χ0v) is 62.9. The number of H-pyrrole nitrogens is 4. The Labute approximate surface area is 644 Å². The standard InChI is InChI=1S/C66H92N24O24/c1-40-21-86(63(106)77-59(40)102)30-51(98)82(26-45(67)92)10-5-69-46(93)27-83(52(99)31-87-22-41(2)60(103)78-64(87)107)11-6-70-47(94)28-84(53(100)32-88-23-42(3)61(104)79-65(88)108)12-7-71-48(95)29-85(54(101)33-89-24-43(4)62(105)80-66(89)109)13-8-72-49(96)36-112-19-17-110-15-9-73-50(97)37-113-20-18-111-16-14-81-25-44(35-91)114-55(34-81)90-39-76-56-57(68)74-38-75-58(56)90/h21-24,38-39,44,55,91H,5-20,25-37H2,1-4H3,(H2,67,92)(H,69,93)(H,70,94)(H,71,95)(H,72,96)(H,73,97)(H2,68,74,75)(H,77,102,106)(H,78,103,107)(H,79,104,108)(H,80,105,109). The van der Waals surface area contributed by atoms with Gasteiger partial charge in [-0.15, -0.1) is 0 Å². The van der Waals surface area contributed by atoms with Crippen LogP contribution in [0.2, 0.25) is 0 Å². The Hall–Kier alpha value is -12.5. The predicted molar refractivity (Wildman–Crippen MR) is 395 cm³/mol. The first kappa shape index (κ1) is 88.7. The van der Waals surface area contributed by atoms with Crippen LogP contribution in [-0.2, 0) is 97.8 Å². The van der Waals surface area contributed by atoms with Crippen LogP contribution in [0.25, 0.3) is 11.2 Å². The van der Waals surface area contributed by atoms with Crippen molar-refractivity contribution in [3.8, 4) is 0 Å². The van der Waals surface area contributed by atoms with Gasteiger partial charge in [0.05, 0.1) is 84.9 Å². The van der Waals surface area contributed by atoms with E-state index in [1.54, 1.807) is 10.9 Å². The molecule has 0 saturated carbocycles. The van der Waals surface area contributed by atoms with E-state index in [0.717, 1.165) is 62.7 Å². The number of nitrogens with two attached hydrogens (primary N) is 2. The number of aryl methyl sites for hydroxylation is 4. The van der Waals surface area contributed by atoms with Crippen LogP contribution in [0.3, 0.4) is 0 Å². The Kier molecular flexibility index (Phi) is 34.2. The summed E-state index contributed by atoms with van der Waals surface area (Å²) in [7, 11) is 0. The second-order valence-electron chi connectivity index (χ2n) is 25.8. The molecule has 2 unspecified atom stereocenters. The number of nitrogen functional groups attached to an aromatic ring is 1. The summed E-state index contributed by atoms with van der Waals surface area (Å²) >= 11 is 0. The number of aliphatic hydroxyl groups is 1. The fourth-order valence-corrected chi connectivity index (χ4v) is 11.0. The van der Waals surface area contributed by atoms with Gasteiger partial charge < -0.3 is 86.4 Å². The highest BCUT2D eigenvalue weighted by molar-refractivity contribution is 5.88. The van der Waals surface area contributed by atoms with E-state index in [4.69, 9.17) is 35.2 Å². The first-order valence-electron chi connectivity index (χ1n) is 35.5. The number of carbonyl (C=O) groups is 10. The topological polar surface area (TPSA) is 629 Å². The Morgan fingerprint density at radius 2 is 0.842 bits per heavy atom. The molecule has 1 fully saturated rings. The van der Waals surface area contributed by atoms with E-state index in [0.29, 0.717) is 37.4 Å². The van der Waals surface area contributed by atoms with Gasteiger partial charge in [0.15, 0.2) is 11.5 Å². The normalized spacial score (nSPS) is 13.4. The third-order valence-corrected chi connectivity index (χ3v) is 17.0. The van der Waals surface area contributed by atoms with Crippen LogP contribution < -0.4 is 83.0 Å². The smallest absolute Gasteiger partial charge is 0.328 e. The predicted octanol–water partition coefficient (Wildman–Crippen LogP) is -11.5. The number of imidazole rings is 1. The first-order chi connectivity index (χ1) is 54.4. The third-order valence-electron chi connectivity index (χ3n) is 17.0. The van der Waals surface area contributed by atoms with Crippen molar-refractivity contribution < 1.29 is 76.7 Å². The number of fused-ring (bicyclic) bond motifs is 1. The van der Waals surface area contributed by atoms with Crippen LogP contribution in [0.15, 0.2) is 75.8 Å². The quantitative estimate of drug-likeness (QED) is 0.0158. The van der Waals surface area contributed by atoms with Crippen molar-refractivity contribution in [1.29, 1.82) is 0 Å². The molecule has 0 bridgehead atoms. The molecular formula is C66H92N24O24. The first-order valence-corrected chi connectivity index (χ1v) is 35.5. The van der Waals surface area contributed by atoms with E-state index in [-0.39, 0.29) is 107 Å². The summed E-state index contributed by atoms with van der Waals surface area (Å²) in [6.45, 7) is -2.00. The maximum absolute atomic E-state index is 14.0. The van der Waals surface area contributed by atoms with Gasteiger partial charge in [0.1, 0.15) is 57.5 Å². The van der Waals surface area contributed by atoms with Crippen LogP contribution >= 0.6 is 0 Å². The molecule has 14 N–H and O–H groups in total. The van der Waals surface area contributed by atoms with E-state index < -0.39 is 202 Å². The molecule has 1 aliphatic rings. The van der Waals surface area contributed by atoms with Gasteiger partial charge in [0, 0.05) is 126 Å². The number of aliphatic hydroxyl groups excluding tert-OH is 1. The number of aromatic nitrogens is 12. The minimum absolute atomic E-state index is 0.0265. The molecule has 10 amide bonds. The molecular weight excluding hydrogens is 1510 g/mol. The molecule has 48 heteroatoms. The number of aromatic amines is 4. The fraction of sp³-hybridized carbons (Fsp3) is 0.530. The van der Waals surface area contributed by atoms with Gasteiger partial charge >= 0.3 is 22.8 Å². The zero-order valence-electron chi connectivity index (χ0n) is 62.9. The number of nitrogens with one attached hydrogen (secondary N) is 9. The molecule has 6 aromatic rings. The molecule has 0 aromatic carbocycles. The average Bonchev–Trinajstić information content (AvgIpc) is 1.65. The highest BCUT2D eigenvalue weighted by atomic mass is 16.5. The number of morpholine rings is 1. The summed E-state index contributed by atoms with van der Waals surface area (Å²) < 4.78 is 33.3. The number of hydrogen-bond acceptors (Lipinski definition) is 29. The maximum atomic E-state index is 14.0. The lowest BCUT2D eigenvalue weighted by Crippen LogP contribution is -2.50. The summed E-state index contributed by atoms with van der Waals surface area (Å²) in [5.41, 5.74) is 5.77. The second-order valence-corrected chi connectivity index (χ2v) is 25.8. The highest BCUT2D eigenvalue weighted by Gasteiger charge is 2.31. The molecule has 0 aliphatic carbocycles. The number of anilines is 1. The molecule has 0 spiro atoms. The Morgan fingerprint density at radius 1 is 0.482 bits per heavy atom. The van der Waals surface area contributed by atoms with Crippen molar-refractivity contribution in [1.82, 2.24) is 109 Å². The summed E-state index contributed by atoms with van der Waals surface area (Å²) in [6, 6.07) is 0. The largest absolute Gasteiger partial charge is 0.394 e. The molecule has 1 saturated heterocycles. The van der Waals surface area contributed by atoms with Gasteiger partial charge in [0.2, 0.25) is 59.1 Å². The van der Waals surface area contributed by atoms with Crippen molar-refractivity contribution in [3.63, 3.8) is 0 Å². The molecule has 0 radical (unpaired) electrons. The van der Waals surface area contributed by atoms with Gasteiger partial charge in [0.25, 0.3) is 22.2 Å². The van der Waals surface area contributed by atoms with Crippen molar-refractivity contribution in [2.75, 3.05) is 170 Å². The van der Waals surface area contributed by atoms with Gasteiger partial charge in [-0.05, 0) is 27.7 Å². The summed E-state index contributed by atoms with van der Waals surface area (Å²) in [5.74, 6) is -7.88. The molecule has 1 aliphatic heterocycles. The van der Waals surface area contributed by atoms with E-state index >= 15 is 0 Å². The molecule has 114 heavy (non-hydrogen) atoms. The maximum Gasteiger partial charge on any atom is 0.328 e. The lowest BCUT2D eigenvalue weighted by Gasteiger charge is -2.37. The fourth-order valence-electron chi connectivity index (χ4n) is 11.0. The van der Waals surface area contributed by atoms with Gasteiger partial charge in [-0.2, -0.15) is 0 Å². The van der Waals surface area contributed by atoms with Crippen LogP contribution in [0.1, 0.15) is 28.5 Å². The summed E-state index contributed by atoms with van der Waals surface area (Å²) in [4.78, 5) is 259. The molecule has 7 heterocycles. The van der Waals surface area contributed by atoms with Crippen LogP contribution in [0.5, 0.6) is 0 Å². The molecule has 48 nitrogen and oxygen atoms in total. The van der Waals surface area contributed by atoms with E-state index in [1.807, 2.05) is 4.98 Å². The Balaban J connectivity index is 0.864. The number of amides is 10. The number of ether oxygens (including phenoxy) is 5. The number of primary amides is 1. The number of rotatable bonds is 46. The molecule has 6 aromatic heterocycles. The monoisotopic (exact) mass is 1600 g/mol. The zero-order chi connectivity index (χ0) is 83.1. The van der Waals surface area contributed by atoms with Crippen molar-refractivity contribution in [2.24, 2.45) is 5.73 Å². The summed E-state index contributed by atoms with van der Waals surface area (Å²) in [5, 5.41) is 22.6. The molecule has 2 atom stereocenters. The average molecular weight is 1610 g/mol. The second kappa shape index (κ2) is 43.9. The van der Waals surface area contributed by atoms with Crippen LogP contribution in [0.4, 0.5) is 5.82 Å². The van der Waals surface area contributed by atoms with Gasteiger partial charge in [-0.3, -0.25) is 115 Å². The van der Waals surface area contributed by atoms with Crippen LogP contribution in [0, 0.1) is 27.7 Å². The number of carbonyl (C=O) groups excluding carboxylic acids is 10. The number of nitrogens with zero attached hydrogens (tertiary/aromatic N) is 13. The number of hydrogen-bond donors (Lipinski definition) is 12. The van der Waals surface area contributed by atoms with Crippen LogP contribution in [-0.4, -0.2) is 317 Å². The minimum atomic E-state index is -0.993. The SMILES string of the molecule is Cc1cn(CC(=O)N(CCNC(=O)CN(CCNC(=O)CN(CCNC(=O)CN(CCNC(=O)COCCOCCNC(=O)COCCOCCN2CC(CO)OC(n3cnc4c(N)ncnc43)C2)C(=O)Cn2cc(C)c(=O)[nH]c2=O)C(=O)Cn2cc(C)c(=O)[nH]c2=O)C(=O)Cn2cc(C)c(=O)[nH]c2=O)CC(N)=O)c(=O)[nH]c1=O. The summed E-state index contributed by atoms with van der Waals surface area (Å²) in [6.07, 6.45) is 6.38. The van der Waals surface area contributed by atoms with E-state index in [2.05, 4.69) is 61.4 Å². The lowest BCUT2D eigenvalue weighted by atomic mass is 10.2. The van der Waals surface area contributed by atoms with Crippen molar-refractivity contribution in [3.05, 3.63) is 143 Å². The Morgan fingerprint density at radius 3 is 1.23 bits per heavy atom. The minimum Gasteiger partial charge on any atom is -0.394 e. The highest BCUT2D eigenvalue weighted by Crippen LogP contribution is 2.25. The van der Waals surface area contributed by atoms with Gasteiger partial charge in [-0.25, -0.2) is 34.1 Å². The van der Waals surface area contributed by atoms with E-state index in [1.165, 1.54) is 34.0 Å². The molecule has 7 rings (SSSR count). The Bertz CT molecular complexity index is 4920. The van der Waals surface area contributed by atoms with Crippen molar-refractivity contribution >= 4 is 76.1 Å². The van der Waals surface area contributed by atoms with Crippen molar-refractivity contribution in [2.45, 2.75) is 66.2 Å². The lowest BCUT2D eigenvalue weighted by molar-refractivity contribution is -0.138. The third kappa shape index (κ3) is 28.0. The molecule has 620 valence electrons.